The molecule has 0 N–H and O–H groups in total. The molecule has 36 heavy (non-hydrogen) atoms. The minimum absolute atomic E-state index is 0.596. The summed E-state index contributed by atoms with van der Waals surface area (Å²) in [7, 11) is 1.54. The minimum Gasteiger partial charge on any atom is -0.493 e. The molecule has 2 aromatic rings. The number of oxime groups is 1. The zero-order chi connectivity index (χ0) is 26.2. The summed E-state index contributed by atoms with van der Waals surface area (Å²) in [4.78, 5) is 4.71. The largest absolute Gasteiger partial charge is 0.493 e. The van der Waals surface area contributed by atoms with Crippen LogP contribution in [0.4, 0.5) is 0 Å². The third-order valence-corrected chi connectivity index (χ3v) is 6.35. The molecule has 0 amide bonds. The van der Waals surface area contributed by atoms with Crippen molar-refractivity contribution in [3.05, 3.63) is 70.8 Å². The van der Waals surface area contributed by atoms with E-state index in [1.165, 1.54) is 31.2 Å². The Labute approximate surface area is 218 Å². The molecular formula is C31H45NO4. The third kappa shape index (κ3) is 10.1. The highest BCUT2D eigenvalue weighted by molar-refractivity contribution is 5.79. The van der Waals surface area contributed by atoms with Crippen molar-refractivity contribution >= 4 is 6.21 Å². The molecule has 198 valence electrons. The highest BCUT2D eigenvalue weighted by atomic mass is 16.6. The first-order valence-corrected chi connectivity index (χ1v) is 13.3. The second-order valence-electron chi connectivity index (χ2n) is 9.14. The van der Waals surface area contributed by atoms with E-state index in [0.29, 0.717) is 25.0 Å². The summed E-state index contributed by atoms with van der Waals surface area (Å²) < 4.78 is 18.1. The molecule has 0 unspecified atom stereocenters. The van der Waals surface area contributed by atoms with Gasteiger partial charge in [0.2, 0.25) is 0 Å². The zero-order valence-corrected chi connectivity index (χ0v) is 23.1. The SMILES string of the molecule is C/C=C/COc1cc(C)c(OCC2CCC(COCc3ccc(/C=N\OC)cc3)CC2)c(C)c1.CC. The number of nitrogens with zero attached hydrogens (tertiary/aromatic N) is 1. The average Bonchev–Trinajstić information content (AvgIpc) is 2.90. The molecule has 3 rings (SSSR count). The summed E-state index contributed by atoms with van der Waals surface area (Å²) in [6.45, 7) is 13.1. The molecule has 1 aliphatic rings. The van der Waals surface area contributed by atoms with Crippen molar-refractivity contribution in [1.82, 2.24) is 0 Å². The van der Waals surface area contributed by atoms with Crippen molar-refractivity contribution in [3.8, 4) is 11.5 Å². The number of rotatable bonds is 12. The topological polar surface area (TPSA) is 49.3 Å². The number of allylic oxidation sites excluding steroid dienone is 1. The molecule has 0 heterocycles. The van der Waals surface area contributed by atoms with Gasteiger partial charge in [-0.1, -0.05) is 55.4 Å². The maximum Gasteiger partial charge on any atom is 0.125 e. The number of hydrogen-bond acceptors (Lipinski definition) is 5. The standard InChI is InChI=1S/C29H39NO4.C2H6/c1-5-6-15-33-28-16-22(2)29(23(3)17-28)34-21-27-13-11-26(12-14-27)20-32-19-25-9-7-24(8-10-25)18-30-31-4;1-2/h5-10,16-18,26-27H,11-15,19-21H2,1-4H3;1-2H3/b6-5+,30-18-;. The van der Waals surface area contributed by atoms with Crippen LogP contribution in [0.5, 0.6) is 11.5 Å². The first kappa shape index (κ1) is 29.4. The molecular weight excluding hydrogens is 450 g/mol. The van der Waals surface area contributed by atoms with Gasteiger partial charge in [0.25, 0.3) is 0 Å². The van der Waals surface area contributed by atoms with Crippen LogP contribution < -0.4 is 9.47 Å². The van der Waals surface area contributed by atoms with Crippen LogP contribution in [0.25, 0.3) is 0 Å². The first-order chi connectivity index (χ1) is 17.6. The summed E-state index contributed by atoms with van der Waals surface area (Å²) in [5.74, 6) is 3.16. The van der Waals surface area contributed by atoms with Gasteiger partial charge in [0.05, 0.1) is 19.4 Å². The highest BCUT2D eigenvalue weighted by Gasteiger charge is 2.22. The number of hydrogen-bond donors (Lipinski definition) is 0. The van der Waals surface area contributed by atoms with Crippen LogP contribution in [0.2, 0.25) is 0 Å². The summed E-state index contributed by atoms with van der Waals surface area (Å²) in [5, 5.41) is 3.78. The Morgan fingerprint density at radius 2 is 1.50 bits per heavy atom. The fourth-order valence-electron chi connectivity index (χ4n) is 4.39. The molecule has 0 spiro atoms. The lowest BCUT2D eigenvalue weighted by Crippen LogP contribution is -2.23. The molecule has 5 heteroatoms. The zero-order valence-electron chi connectivity index (χ0n) is 23.1. The van der Waals surface area contributed by atoms with Crippen LogP contribution in [-0.4, -0.2) is 33.1 Å². The minimum atomic E-state index is 0.596. The molecule has 0 bridgehead atoms. The molecule has 0 radical (unpaired) electrons. The molecule has 0 saturated heterocycles. The maximum atomic E-state index is 6.28. The van der Waals surface area contributed by atoms with Gasteiger partial charge in [-0.05, 0) is 92.7 Å². The van der Waals surface area contributed by atoms with Gasteiger partial charge in [-0.2, -0.15) is 0 Å². The molecule has 1 saturated carbocycles. The summed E-state index contributed by atoms with van der Waals surface area (Å²) in [5.41, 5.74) is 4.47. The van der Waals surface area contributed by atoms with Crippen molar-refractivity contribution in [1.29, 1.82) is 0 Å². The van der Waals surface area contributed by atoms with Crippen LogP contribution in [0, 0.1) is 25.7 Å². The van der Waals surface area contributed by atoms with Crippen molar-refractivity contribution in [2.24, 2.45) is 17.0 Å². The van der Waals surface area contributed by atoms with Gasteiger partial charge in [-0.3, -0.25) is 0 Å². The predicted octanol–water partition coefficient (Wildman–Crippen LogP) is 7.67. The van der Waals surface area contributed by atoms with Crippen molar-refractivity contribution in [3.63, 3.8) is 0 Å². The first-order valence-electron chi connectivity index (χ1n) is 13.3. The van der Waals surface area contributed by atoms with Crippen molar-refractivity contribution in [2.45, 2.75) is 66.9 Å². The van der Waals surface area contributed by atoms with E-state index < -0.39 is 0 Å². The fourth-order valence-corrected chi connectivity index (χ4v) is 4.39. The molecule has 0 aromatic heterocycles. The van der Waals surface area contributed by atoms with E-state index in [1.807, 2.05) is 45.1 Å². The van der Waals surface area contributed by atoms with Crippen LogP contribution in [0.1, 0.15) is 68.7 Å². The number of ether oxygens (including phenoxy) is 3. The van der Waals surface area contributed by atoms with Crippen LogP contribution in [-0.2, 0) is 16.2 Å². The van der Waals surface area contributed by atoms with Gasteiger partial charge in [-0.15, -0.1) is 0 Å². The van der Waals surface area contributed by atoms with E-state index in [2.05, 4.69) is 43.3 Å². The Morgan fingerprint density at radius 3 is 2.08 bits per heavy atom. The van der Waals surface area contributed by atoms with Crippen LogP contribution in [0.3, 0.4) is 0 Å². The monoisotopic (exact) mass is 495 g/mol. The molecule has 5 nitrogen and oxygen atoms in total. The Morgan fingerprint density at radius 1 is 0.889 bits per heavy atom. The summed E-state index contributed by atoms with van der Waals surface area (Å²) in [6.07, 6.45) is 10.5. The lowest BCUT2D eigenvalue weighted by atomic mass is 9.83. The van der Waals surface area contributed by atoms with E-state index in [4.69, 9.17) is 19.0 Å². The number of aryl methyl sites for hydroxylation is 2. The quantitative estimate of drug-likeness (QED) is 0.172. The van der Waals surface area contributed by atoms with Crippen molar-refractivity contribution < 1.29 is 19.0 Å². The lowest BCUT2D eigenvalue weighted by molar-refractivity contribution is 0.0618. The van der Waals surface area contributed by atoms with Gasteiger partial charge >= 0.3 is 0 Å². The lowest BCUT2D eigenvalue weighted by Gasteiger charge is -2.28. The second-order valence-corrected chi connectivity index (χ2v) is 9.14. The molecule has 2 aromatic carbocycles. The van der Waals surface area contributed by atoms with E-state index in [-0.39, 0.29) is 0 Å². The Hall–Kier alpha value is -2.79. The molecule has 1 aliphatic carbocycles. The average molecular weight is 496 g/mol. The highest BCUT2D eigenvalue weighted by Crippen LogP contribution is 2.32. The smallest absolute Gasteiger partial charge is 0.125 e. The van der Waals surface area contributed by atoms with Gasteiger partial charge < -0.3 is 19.0 Å². The normalized spacial score (nSPS) is 17.6. The summed E-state index contributed by atoms with van der Waals surface area (Å²) in [6, 6.07) is 12.4. The Kier molecular flexibility index (Phi) is 13.7. The summed E-state index contributed by atoms with van der Waals surface area (Å²) >= 11 is 0. The maximum absolute atomic E-state index is 6.28. The molecule has 0 aliphatic heterocycles. The second kappa shape index (κ2) is 16.8. The fraction of sp³-hybridized carbons (Fsp3) is 0.516. The third-order valence-electron chi connectivity index (χ3n) is 6.35. The van der Waals surface area contributed by atoms with E-state index in [9.17, 15) is 0 Å². The molecule has 0 atom stereocenters. The van der Waals surface area contributed by atoms with Gasteiger partial charge in [0.1, 0.15) is 25.2 Å². The number of benzene rings is 2. The van der Waals surface area contributed by atoms with Crippen LogP contribution >= 0.6 is 0 Å². The van der Waals surface area contributed by atoms with E-state index >= 15 is 0 Å². The molecule has 1 fully saturated rings. The van der Waals surface area contributed by atoms with E-state index in [0.717, 1.165) is 41.4 Å². The van der Waals surface area contributed by atoms with Crippen molar-refractivity contribution in [2.75, 3.05) is 26.9 Å². The Balaban J connectivity index is 0.00000222. The van der Waals surface area contributed by atoms with Crippen LogP contribution in [0.15, 0.2) is 53.7 Å². The van der Waals surface area contributed by atoms with Gasteiger partial charge in [0.15, 0.2) is 0 Å². The van der Waals surface area contributed by atoms with Gasteiger partial charge in [-0.25, -0.2) is 0 Å². The van der Waals surface area contributed by atoms with Gasteiger partial charge in [0, 0.05) is 6.61 Å². The Bertz CT molecular complexity index is 905. The predicted molar refractivity (Wildman–Crippen MR) is 149 cm³/mol. The van der Waals surface area contributed by atoms with E-state index in [1.54, 1.807) is 13.3 Å².